The predicted octanol–water partition coefficient (Wildman–Crippen LogP) is 18.2. The Morgan fingerprint density at radius 3 is 1.22 bits per heavy atom. The molecule has 6 aromatic carbocycles. The van der Waals surface area contributed by atoms with E-state index in [0.29, 0.717) is 102 Å². The Bertz CT molecular complexity index is 3630. The van der Waals surface area contributed by atoms with Crippen molar-refractivity contribution in [1.29, 1.82) is 0 Å². The molecule has 0 spiro atoms. The molecule has 4 unspecified atom stereocenters. The van der Waals surface area contributed by atoms with Gasteiger partial charge in [-0.3, -0.25) is 33.8 Å². The fourth-order valence-corrected chi connectivity index (χ4v) is 12.1. The quantitative estimate of drug-likeness (QED) is 0.0209. The minimum Gasteiger partial charge on any atom is -0.497 e. The highest BCUT2D eigenvalue weighted by Gasteiger charge is 2.34. The number of hydrogen-bond donors (Lipinski definition) is 2. The number of ether oxygens (including phenoxy) is 9. The second-order valence-electron chi connectivity index (χ2n) is 27.1. The van der Waals surface area contributed by atoms with Crippen molar-refractivity contribution in [3.8, 4) is 45.6 Å². The first kappa shape index (κ1) is 88.8. The number of hydrogen-bond acceptors (Lipinski definition) is 17. The second kappa shape index (κ2) is 43.6. The smallest absolute Gasteiger partial charge is 0.407 e. The van der Waals surface area contributed by atoms with Gasteiger partial charge in [-0.1, -0.05) is 110 Å². The summed E-state index contributed by atoms with van der Waals surface area (Å²) < 4.78 is 49.3. The lowest BCUT2D eigenvalue weighted by Gasteiger charge is -2.29. The van der Waals surface area contributed by atoms with Gasteiger partial charge in [0.05, 0.1) is 54.0 Å². The molecule has 3 amide bonds. The summed E-state index contributed by atoms with van der Waals surface area (Å²) >= 11 is 0. The fraction of sp³-hybridized carbons (Fsp3) is 0.488. The van der Waals surface area contributed by atoms with Gasteiger partial charge >= 0.3 is 18.0 Å². The third-order valence-corrected chi connectivity index (χ3v) is 17.5. The Hall–Kier alpha value is -9.43. The number of benzene rings is 6. The number of Topliss-reactive ketones (excluding diaryl/α,β-unsaturated/α-hetero) is 2. The molecule has 104 heavy (non-hydrogen) atoms. The molecule has 570 valence electrons. The van der Waals surface area contributed by atoms with E-state index in [9.17, 15) is 33.6 Å². The van der Waals surface area contributed by atoms with Crippen LogP contribution in [0, 0.1) is 11.8 Å². The Labute approximate surface area is 619 Å². The van der Waals surface area contributed by atoms with Crippen LogP contribution in [0.2, 0.25) is 0 Å². The molecule has 7 rings (SSSR count). The number of alkyl carbamates (subject to hydrolysis) is 1. The molecular formula is C84H118N4O16. The average molecular weight is 1440 g/mol. The van der Waals surface area contributed by atoms with Gasteiger partial charge in [-0.15, -0.1) is 0 Å². The summed E-state index contributed by atoms with van der Waals surface area (Å²) in [4.78, 5) is 95.5. The Balaban J connectivity index is 0.000000555. The van der Waals surface area contributed by atoms with E-state index in [2.05, 4.69) is 17.4 Å². The third-order valence-electron chi connectivity index (χ3n) is 17.5. The van der Waals surface area contributed by atoms with Crippen molar-refractivity contribution in [2.45, 2.75) is 210 Å². The first-order chi connectivity index (χ1) is 48.3. The maximum absolute atomic E-state index is 14.3. The number of esters is 2. The van der Waals surface area contributed by atoms with Crippen LogP contribution in [0.25, 0.3) is 11.1 Å². The van der Waals surface area contributed by atoms with Gasteiger partial charge in [0.2, 0.25) is 11.8 Å². The van der Waals surface area contributed by atoms with E-state index in [1.807, 2.05) is 111 Å². The highest BCUT2D eigenvalue weighted by molar-refractivity contribution is 6.04. The van der Waals surface area contributed by atoms with Crippen LogP contribution in [0.5, 0.6) is 34.5 Å². The van der Waals surface area contributed by atoms with Gasteiger partial charge in [-0.05, 0) is 188 Å². The molecule has 0 fully saturated rings. The van der Waals surface area contributed by atoms with Crippen molar-refractivity contribution < 1.29 is 76.2 Å². The van der Waals surface area contributed by atoms with Crippen LogP contribution < -0.4 is 49.3 Å². The van der Waals surface area contributed by atoms with Gasteiger partial charge in [0.15, 0.2) is 0 Å². The molecule has 0 aromatic heterocycles. The molecule has 0 radical (unpaired) electrons. The Kier molecular flexibility index (Phi) is 37.2. The van der Waals surface area contributed by atoms with Crippen LogP contribution in [-0.2, 0) is 43.0 Å². The number of methoxy groups -OCH3 is 6. The molecule has 6 aromatic rings. The number of ketones is 2. The highest BCUT2D eigenvalue weighted by atomic mass is 16.6. The van der Waals surface area contributed by atoms with Crippen molar-refractivity contribution in [3.63, 3.8) is 0 Å². The Morgan fingerprint density at radius 1 is 0.452 bits per heavy atom. The van der Waals surface area contributed by atoms with Crippen molar-refractivity contribution in [2.75, 3.05) is 59.1 Å². The molecule has 0 heterocycles. The lowest BCUT2D eigenvalue weighted by Crippen LogP contribution is -2.44. The summed E-state index contributed by atoms with van der Waals surface area (Å²) in [5.74, 6) is 1.87. The van der Waals surface area contributed by atoms with Gasteiger partial charge in [0, 0.05) is 66.9 Å². The number of carbonyl (C=O) groups excluding carboxylic acids is 7. The standard InChI is InChI=1S/C48H58N2O9.C33H48N2O7.3CH4/c1-8-32(45(52)50(33-22-25-35(55-5)26-23-33)43-29-27-36(56-6)30-44(43)57-7)16-10-9-11-17-34(51)24-28-42(46(53)59-48(2,3)4)49-47(54)58-31-41-39-20-14-12-18-37(39)38-19-13-15-21-40(38)41;1-8-23(12-10-9-11-13-25(36)16-20-28(34)32(38)42-33(2,3)4)31(37)35(24-14-17-26(39-5)18-15-24)29-21-19-27(40-6)22-30(29)41-7;;;/h12-15,18-23,25-27,29-30,32,41-42H,8-11,16-17,24,28,31H2,1-7H3,(H,49,54);14-15,17-19,21-23,28H,8-13,16,20,34H2,1-7H3;3*1H4. The van der Waals surface area contributed by atoms with Crippen LogP contribution in [0.1, 0.15) is 197 Å². The van der Waals surface area contributed by atoms with E-state index in [-0.39, 0.29) is 95.7 Å². The molecule has 1 aliphatic rings. The normalized spacial score (nSPS) is 12.5. The number of anilines is 4. The summed E-state index contributed by atoms with van der Waals surface area (Å²) in [5, 5.41) is 2.68. The van der Waals surface area contributed by atoms with Crippen LogP contribution in [0.4, 0.5) is 27.5 Å². The number of nitrogens with one attached hydrogen (secondary N) is 1. The molecule has 0 bridgehead atoms. The van der Waals surface area contributed by atoms with Crippen LogP contribution in [0.3, 0.4) is 0 Å². The largest absolute Gasteiger partial charge is 0.497 e. The number of unbranched alkanes of at least 4 members (excludes halogenated alkanes) is 4. The first-order valence-electron chi connectivity index (χ1n) is 35.1. The van der Waals surface area contributed by atoms with Crippen molar-refractivity contribution >= 4 is 64.2 Å². The van der Waals surface area contributed by atoms with E-state index in [1.54, 1.807) is 118 Å². The maximum Gasteiger partial charge on any atom is 0.407 e. The minimum absolute atomic E-state index is 0. The zero-order chi connectivity index (χ0) is 73.8. The van der Waals surface area contributed by atoms with Crippen LogP contribution in [0.15, 0.2) is 133 Å². The number of fused-ring (bicyclic) bond motifs is 3. The van der Waals surface area contributed by atoms with E-state index in [0.717, 1.165) is 54.4 Å². The second-order valence-corrected chi connectivity index (χ2v) is 27.1. The SMILES string of the molecule is C.C.C.CCC(CCCCCC(=O)CCC(N)C(=O)OC(C)(C)C)C(=O)N(c1ccc(OC)cc1)c1ccc(OC)cc1OC.CCC(CCCCCC(=O)CCC(NC(=O)OCC1c2ccccc2-c2ccccc21)C(=O)OC(C)(C)C)C(=O)N(c1ccc(OC)cc1)c1ccc(OC)cc1OC. The molecule has 4 atom stereocenters. The van der Waals surface area contributed by atoms with Crippen LogP contribution in [-0.4, -0.2) is 114 Å². The van der Waals surface area contributed by atoms with E-state index < -0.39 is 41.3 Å². The Morgan fingerprint density at radius 2 is 0.837 bits per heavy atom. The van der Waals surface area contributed by atoms with Gasteiger partial charge in [-0.2, -0.15) is 0 Å². The summed E-state index contributed by atoms with van der Waals surface area (Å²) in [6.07, 6.45) is 7.80. The molecule has 20 nitrogen and oxygen atoms in total. The predicted molar refractivity (Wildman–Crippen MR) is 413 cm³/mol. The zero-order valence-electron chi connectivity index (χ0n) is 61.6. The van der Waals surface area contributed by atoms with E-state index >= 15 is 0 Å². The lowest BCUT2D eigenvalue weighted by molar-refractivity contribution is -0.158. The number of nitrogens with zero attached hydrogens (tertiary/aromatic N) is 2. The summed E-state index contributed by atoms with van der Waals surface area (Å²) in [6.45, 7) is 14.7. The summed E-state index contributed by atoms with van der Waals surface area (Å²) in [7, 11) is 9.49. The fourth-order valence-electron chi connectivity index (χ4n) is 12.1. The summed E-state index contributed by atoms with van der Waals surface area (Å²) in [5.41, 5.74) is 11.5. The van der Waals surface area contributed by atoms with E-state index in [4.69, 9.17) is 48.4 Å². The third kappa shape index (κ3) is 26.4. The number of rotatable bonds is 37. The molecule has 3 N–H and O–H groups in total. The number of carbonyl (C=O) groups is 7. The van der Waals surface area contributed by atoms with Gasteiger partial charge in [0.1, 0.15) is 76.0 Å². The number of nitrogens with two attached hydrogens (primary N) is 1. The first-order valence-corrected chi connectivity index (χ1v) is 35.1. The zero-order valence-corrected chi connectivity index (χ0v) is 61.6. The summed E-state index contributed by atoms with van der Waals surface area (Å²) in [6, 6.07) is 39.7. The van der Waals surface area contributed by atoms with Crippen LogP contribution >= 0.6 is 0 Å². The molecule has 0 aliphatic heterocycles. The lowest BCUT2D eigenvalue weighted by atomic mass is 9.95. The molecular weight excluding hydrogens is 1320 g/mol. The van der Waals surface area contributed by atoms with Gasteiger partial charge in [-0.25, -0.2) is 9.59 Å². The van der Waals surface area contributed by atoms with Crippen molar-refractivity contribution in [2.24, 2.45) is 17.6 Å². The highest BCUT2D eigenvalue weighted by Crippen LogP contribution is 2.45. The van der Waals surface area contributed by atoms with Crippen molar-refractivity contribution in [3.05, 3.63) is 145 Å². The van der Waals surface area contributed by atoms with Gasteiger partial charge < -0.3 is 53.7 Å². The number of amides is 3. The maximum atomic E-state index is 14.3. The molecule has 0 saturated heterocycles. The van der Waals surface area contributed by atoms with Crippen molar-refractivity contribution in [1.82, 2.24) is 5.32 Å². The molecule has 1 aliphatic carbocycles. The monoisotopic (exact) mass is 1440 g/mol. The topological polar surface area (TPSA) is 247 Å². The molecule has 0 saturated carbocycles. The average Bonchev–Trinajstić information content (AvgIpc) is 1.57. The van der Waals surface area contributed by atoms with Gasteiger partial charge in [0.25, 0.3) is 0 Å². The molecule has 20 heteroatoms. The van der Waals surface area contributed by atoms with E-state index in [1.165, 1.54) is 0 Å². The minimum atomic E-state index is -1.05.